The van der Waals surface area contributed by atoms with Crippen LogP contribution in [-0.4, -0.2) is 34.7 Å². The van der Waals surface area contributed by atoms with Gasteiger partial charge in [0, 0.05) is 11.3 Å². The topological polar surface area (TPSA) is 90.9 Å². The van der Waals surface area contributed by atoms with Gasteiger partial charge >= 0.3 is 0 Å². The predicted molar refractivity (Wildman–Crippen MR) is 72.2 cm³/mol. The zero-order valence-corrected chi connectivity index (χ0v) is 11.0. The molecule has 0 aliphatic carbocycles. The van der Waals surface area contributed by atoms with E-state index in [1.807, 2.05) is 12.1 Å². The van der Waals surface area contributed by atoms with Crippen molar-refractivity contribution in [3.05, 3.63) is 30.6 Å². The number of nitrogen functional groups attached to an aromatic ring is 1. The Morgan fingerprint density at radius 3 is 2.63 bits per heavy atom. The molecule has 2 N–H and O–H groups in total. The minimum Gasteiger partial charge on any atom is -0.399 e. The highest BCUT2D eigenvalue weighted by Crippen LogP contribution is 2.24. The second kappa shape index (κ2) is 4.34. The van der Waals surface area contributed by atoms with Crippen LogP contribution in [0.25, 0.3) is 11.4 Å². The molecule has 2 aromatic rings. The molecule has 1 fully saturated rings. The molecule has 3 rings (SSSR count). The Kier molecular flexibility index (Phi) is 2.78. The van der Waals surface area contributed by atoms with Gasteiger partial charge in [-0.2, -0.15) is 5.10 Å². The van der Waals surface area contributed by atoms with Crippen LogP contribution in [-0.2, 0) is 9.84 Å². The Morgan fingerprint density at radius 1 is 1.26 bits per heavy atom. The normalized spacial score (nSPS) is 21.6. The molecule has 7 heteroatoms. The molecule has 1 aromatic heterocycles. The summed E-state index contributed by atoms with van der Waals surface area (Å²) in [6, 6.07) is 7.17. The number of nitrogens with two attached hydrogens (primary N) is 1. The van der Waals surface area contributed by atoms with Crippen LogP contribution in [0.4, 0.5) is 5.69 Å². The molecule has 1 unspecified atom stereocenters. The predicted octanol–water partition coefficient (Wildman–Crippen LogP) is 0.887. The van der Waals surface area contributed by atoms with Crippen molar-refractivity contribution in [2.75, 3.05) is 17.2 Å². The van der Waals surface area contributed by atoms with Crippen LogP contribution in [0.2, 0.25) is 0 Å². The summed E-state index contributed by atoms with van der Waals surface area (Å²) in [5.41, 5.74) is 7.18. The van der Waals surface area contributed by atoms with Crippen LogP contribution < -0.4 is 5.73 Å². The molecule has 1 aliphatic heterocycles. The number of benzene rings is 1. The number of sulfone groups is 1. The van der Waals surface area contributed by atoms with Gasteiger partial charge in [-0.15, -0.1) is 0 Å². The molecule has 0 radical (unpaired) electrons. The number of rotatable bonds is 2. The molecule has 6 nitrogen and oxygen atoms in total. The van der Waals surface area contributed by atoms with Crippen molar-refractivity contribution in [3.63, 3.8) is 0 Å². The fourth-order valence-corrected chi connectivity index (χ4v) is 3.90. The lowest BCUT2D eigenvalue weighted by Gasteiger charge is -2.06. The fourth-order valence-electron chi connectivity index (χ4n) is 2.20. The summed E-state index contributed by atoms with van der Waals surface area (Å²) in [7, 11) is -2.91. The van der Waals surface area contributed by atoms with E-state index in [9.17, 15) is 8.42 Å². The monoisotopic (exact) mass is 278 g/mol. The summed E-state index contributed by atoms with van der Waals surface area (Å²) < 4.78 is 24.6. The van der Waals surface area contributed by atoms with Gasteiger partial charge in [0.2, 0.25) is 0 Å². The molecule has 0 saturated carbocycles. The third-order valence-electron chi connectivity index (χ3n) is 3.26. The Balaban J connectivity index is 1.86. The van der Waals surface area contributed by atoms with Crippen LogP contribution in [0.15, 0.2) is 30.6 Å². The van der Waals surface area contributed by atoms with E-state index in [0.29, 0.717) is 17.9 Å². The minimum atomic E-state index is -2.91. The minimum absolute atomic E-state index is 0.0972. The summed E-state index contributed by atoms with van der Waals surface area (Å²) in [5, 5.41) is 4.36. The molecule has 0 spiro atoms. The molecule has 19 heavy (non-hydrogen) atoms. The first-order chi connectivity index (χ1) is 9.03. The molecule has 0 amide bonds. The summed E-state index contributed by atoms with van der Waals surface area (Å²) in [4.78, 5) is 4.22. The fraction of sp³-hybridized carbons (Fsp3) is 0.333. The number of hydrogen-bond acceptors (Lipinski definition) is 5. The zero-order valence-electron chi connectivity index (χ0n) is 10.2. The third-order valence-corrected chi connectivity index (χ3v) is 5.01. The van der Waals surface area contributed by atoms with Crippen molar-refractivity contribution in [3.8, 4) is 11.4 Å². The van der Waals surface area contributed by atoms with Crippen molar-refractivity contribution in [2.24, 2.45) is 0 Å². The molecule has 1 saturated heterocycles. The lowest BCUT2D eigenvalue weighted by molar-refractivity contribution is 0.499. The number of aromatic nitrogens is 3. The van der Waals surface area contributed by atoms with Gasteiger partial charge in [-0.1, -0.05) is 0 Å². The Morgan fingerprint density at radius 2 is 2.00 bits per heavy atom. The van der Waals surface area contributed by atoms with Crippen molar-refractivity contribution in [1.82, 2.24) is 14.8 Å². The number of nitrogens with zero attached hydrogens (tertiary/aromatic N) is 3. The van der Waals surface area contributed by atoms with Gasteiger partial charge in [-0.25, -0.2) is 18.1 Å². The molecular weight excluding hydrogens is 264 g/mol. The largest absolute Gasteiger partial charge is 0.399 e. The highest BCUT2D eigenvalue weighted by Gasteiger charge is 2.29. The first-order valence-electron chi connectivity index (χ1n) is 6.01. The van der Waals surface area contributed by atoms with E-state index in [2.05, 4.69) is 10.1 Å². The highest BCUT2D eigenvalue weighted by molar-refractivity contribution is 7.91. The second-order valence-electron chi connectivity index (χ2n) is 4.73. The van der Waals surface area contributed by atoms with Gasteiger partial charge in [0.15, 0.2) is 15.7 Å². The van der Waals surface area contributed by atoms with Crippen molar-refractivity contribution >= 4 is 15.5 Å². The van der Waals surface area contributed by atoms with E-state index >= 15 is 0 Å². The second-order valence-corrected chi connectivity index (χ2v) is 6.96. The van der Waals surface area contributed by atoms with Gasteiger partial charge in [-0.05, 0) is 30.7 Å². The van der Waals surface area contributed by atoms with Crippen molar-refractivity contribution in [2.45, 2.75) is 12.5 Å². The van der Waals surface area contributed by atoms with Crippen molar-refractivity contribution in [1.29, 1.82) is 0 Å². The van der Waals surface area contributed by atoms with Crippen LogP contribution in [0, 0.1) is 0 Å². The van der Waals surface area contributed by atoms with Gasteiger partial charge in [0.25, 0.3) is 0 Å². The summed E-state index contributed by atoms with van der Waals surface area (Å²) >= 11 is 0. The molecular formula is C12H14N4O2S. The highest BCUT2D eigenvalue weighted by atomic mass is 32.2. The lowest BCUT2D eigenvalue weighted by atomic mass is 10.2. The first kappa shape index (κ1) is 12.2. The molecule has 1 atom stereocenters. The number of anilines is 1. The van der Waals surface area contributed by atoms with Crippen LogP contribution >= 0.6 is 0 Å². The van der Waals surface area contributed by atoms with E-state index in [1.165, 1.54) is 0 Å². The van der Waals surface area contributed by atoms with Gasteiger partial charge in [0.1, 0.15) is 6.33 Å². The van der Waals surface area contributed by atoms with E-state index in [0.717, 1.165) is 5.56 Å². The molecule has 1 aromatic carbocycles. The van der Waals surface area contributed by atoms with Gasteiger partial charge < -0.3 is 5.73 Å². The summed E-state index contributed by atoms with van der Waals surface area (Å²) in [6.45, 7) is 0. The Hall–Kier alpha value is -1.89. The van der Waals surface area contributed by atoms with E-state index in [4.69, 9.17) is 5.73 Å². The number of hydrogen-bond donors (Lipinski definition) is 1. The third kappa shape index (κ3) is 2.46. The molecule has 1 aliphatic rings. The van der Waals surface area contributed by atoms with Crippen molar-refractivity contribution < 1.29 is 8.42 Å². The summed E-state index contributed by atoms with van der Waals surface area (Å²) in [5.74, 6) is 0.969. The Labute approximate surface area is 111 Å². The van der Waals surface area contributed by atoms with Crippen LogP contribution in [0.5, 0.6) is 0 Å². The maximum absolute atomic E-state index is 11.5. The summed E-state index contributed by atoms with van der Waals surface area (Å²) in [6.07, 6.45) is 2.20. The molecule has 0 bridgehead atoms. The molecule has 2 heterocycles. The van der Waals surface area contributed by atoms with Crippen LogP contribution in [0.3, 0.4) is 0 Å². The quantitative estimate of drug-likeness (QED) is 0.824. The van der Waals surface area contributed by atoms with Gasteiger partial charge in [0.05, 0.1) is 17.5 Å². The SMILES string of the molecule is Nc1ccc(-c2ncn(C3CCS(=O)(=O)C3)n2)cc1. The maximum Gasteiger partial charge on any atom is 0.181 e. The average molecular weight is 278 g/mol. The van der Waals surface area contributed by atoms with Gasteiger partial charge in [-0.3, -0.25) is 0 Å². The average Bonchev–Trinajstić information content (AvgIpc) is 2.96. The molecule has 100 valence electrons. The van der Waals surface area contributed by atoms with E-state index in [1.54, 1.807) is 23.1 Å². The Bertz CT molecular complexity index is 691. The lowest BCUT2D eigenvalue weighted by Crippen LogP contribution is -2.11. The van der Waals surface area contributed by atoms with E-state index in [-0.39, 0.29) is 17.5 Å². The standard InChI is InChI=1S/C12H14N4O2S/c13-10-3-1-9(2-4-10)12-14-8-16(15-12)11-5-6-19(17,18)7-11/h1-4,8,11H,5-7,13H2. The maximum atomic E-state index is 11.5. The zero-order chi connectivity index (χ0) is 13.5. The smallest absolute Gasteiger partial charge is 0.181 e. The first-order valence-corrected chi connectivity index (χ1v) is 7.83. The van der Waals surface area contributed by atoms with Crippen LogP contribution in [0.1, 0.15) is 12.5 Å². The van der Waals surface area contributed by atoms with E-state index < -0.39 is 9.84 Å².